The van der Waals surface area contributed by atoms with Gasteiger partial charge in [0.25, 0.3) is 0 Å². The van der Waals surface area contributed by atoms with E-state index in [-0.39, 0.29) is 0 Å². The van der Waals surface area contributed by atoms with Gasteiger partial charge in [0.05, 0.1) is 11.2 Å². The predicted octanol–water partition coefficient (Wildman–Crippen LogP) is 13.1. The summed E-state index contributed by atoms with van der Waals surface area (Å²) in [6, 6.07) is 60.1. The van der Waals surface area contributed by atoms with Gasteiger partial charge in [-0.3, -0.25) is 0 Å². The lowest BCUT2D eigenvalue weighted by molar-refractivity contribution is 0.671. The summed E-state index contributed by atoms with van der Waals surface area (Å²) in [5, 5.41) is 12.5. The van der Waals surface area contributed by atoms with E-state index in [1.54, 1.807) is 0 Å². The molecule has 0 aliphatic carbocycles. The van der Waals surface area contributed by atoms with Crippen LogP contribution >= 0.6 is 0 Å². The zero-order valence-corrected chi connectivity index (χ0v) is 27.5. The fourth-order valence-corrected chi connectivity index (χ4v) is 8.16. The van der Waals surface area contributed by atoms with E-state index in [9.17, 15) is 0 Å². The number of nitrogens with zero attached hydrogens (tertiary/aromatic N) is 2. The number of para-hydroxylation sites is 1. The highest BCUT2D eigenvalue weighted by Gasteiger charge is 2.23. The molecule has 0 unspecified atom stereocenters. The molecule has 0 N–H and O–H groups in total. The second-order valence-corrected chi connectivity index (χ2v) is 13.3. The number of hydrogen-bond donors (Lipinski definition) is 0. The first kappa shape index (κ1) is 28.0. The maximum absolute atomic E-state index is 6.96. The summed E-state index contributed by atoms with van der Waals surface area (Å²) in [5.74, 6) is 0.714. The van der Waals surface area contributed by atoms with Crippen LogP contribution in [0.25, 0.3) is 110 Å². The van der Waals surface area contributed by atoms with Gasteiger partial charge in [0.1, 0.15) is 11.2 Å². The second-order valence-electron chi connectivity index (χ2n) is 13.3. The van der Waals surface area contributed by atoms with Crippen LogP contribution in [-0.4, -0.2) is 9.97 Å². The van der Waals surface area contributed by atoms with Crippen LogP contribution in [0.2, 0.25) is 0 Å². The Morgan fingerprint density at radius 1 is 0.392 bits per heavy atom. The van der Waals surface area contributed by atoms with Crippen LogP contribution in [0.5, 0.6) is 0 Å². The lowest BCUT2D eigenvalue weighted by Crippen LogP contribution is -1.98. The highest BCUT2D eigenvalue weighted by Crippen LogP contribution is 2.48. The minimum Gasteiger partial charge on any atom is -0.455 e. The second kappa shape index (κ2) is 10.8. The van der Waals surface area contributed by atoms with E-state index >= 15 is 0 Å². The van der Waals surface area contributed by atoms with Gasteiger partial charge < -0.3 is 4.42 Å². The molecule has 9 aromatic carbocycles. The quantitative estimate of drug-likeness (QED) is 0.179. The Morgan fingerprint density at radius 2 is 0.941 bits per heavy atom. The standard InChI is InChI=1S/C48H28N2O/c1-2-14-29(15-3-1)46-38-24-12-13-25-41(38)49-48(50-46)45-36-22-10-8-20-34(36)43(35-21-9-11-23-37(35)45)40-27-32-18-6-7-19-33(32)44-39-26-30-16-4-5-17-31(30)28-42(39)51-47(40)44/h1-28H. The summed E-state index contributed by atoms with van der Waals surface area (Å²) in [5.41, 5.74) is 7.96. The molecule has 0 atom stereocenters. The van der Waals surface area contributed by atoms with Gasteiger partial charge in [-0.1, -0.05) is 146 Å². The molecule has 51 heavy (non-hydrogen) atoms. The van der Waals surface area contributed by atoms with Gasteiger partial charge in [0, 0.05) is 38.4 Å². The number of furan rings is 1. The molecule has 2 heterocycles. The number of benzene rings is 9. The maximum Gasteiger partial charge on any atom is 0.161 e. The highest BCUT2D eigenvalue weighted by molar-refractivity contribution is 6.28. The first-order valence-electron chi connectivity index (χ1n) is 17.3. The highest BCUT2D eigenvalue weighted by atomic mass is 16.3. The van der Waals surface area contributed by atoms with E-state index in [4.69, 9.17) is 14.4 Å². The topological polar surface area (TPSA) is 38.9 Å². The molecule has 0 spiro atoms. The summed E-state index contributed by atoms with van der Waals surface area (Å²) in [4.78, 5) is 10.6. The van der Waals surface area contributed by atoms with Gasteiger partial charge in [-0.15, -0.1) is 0 Å². The molecule has 0 aliphatic heterocycles. The van der Waals surface area contributed by atoms with Gasteiger partial charge in [-0.05, 0) is 67.4 Å². The molecule has 3 nitrogen and oxygen atoms in total. The molecule has 2 aromatic heterocycles. The summed E-state index contributed by atoms with van der Waals surface area (Å²) in [7, 11) is 0. The Bertz CT molecular complexity index is 3140. The smallest absolute Gasteiger partial charge is 0.161 e. The number of rotatable bonds is 3. The summed E-state index contributed by atoms with van der Waals surface area (Å²) in [6.07, 6.45) is 0. The van der Waals surface area contributed by atoms with E-state index in [1.807, 2.05) is 6.07 Å². The van der Waals surface area contributed by atoms with Crippen LogP contribution in [-0.2, 0) is 0 Å². The average molecular weight is 649 g/mol. The average Bonchev–Trinajstić information content (AvgIpc) is 3.57. The van der Waals surface area contributed by atoms with Crippen molar-refractivity contribution in [1.29, 1.82) is 0 Å². The minimum atomic E-state index is 0.714. The van der Waals surface area contributed by atoms with E-state index in [0.717, 1.165) is 82.3 Å². The van der Waals surface area contributed by atoms with Crippen molar-refractivity contribution in [3.05, 3.63) is 170 Å². The number of aromatic nitrogens is 2. The molecule has 236 valence electrons. The van der Waals surface area contributed by atoms with Crippen molar-refractivity contribution in [2.75, 3.05) is 0 Å². The van der Waals surface area contributed by atoms with Crippen molar-refractivity contribution in [2.24, 2.45) is 0 Å². The lowest BCUT2D eigenvalue weighted by Gasteiger charge is -2.18. The summed E-state index contributed by atoms with van der Waals surface area (Å²) < 4.78 is 6.96. The molecule has 11 aromatic rings. The van der Waals surface area contributed by atoms with Crippen LogP contribution in [0.4, 0.5) is 0 Å². The van der Waals surface area contributed by atoms with Crippen molar-refractivity contribution >= 4 is 75.9 Å². The molecular formula is C48H28N2O. The van der Waals surface area contributed by atoms with E-state index < -0.39 is 0 Å². The monoisotopic (exact) mass is 648 g/mol. The lowest BCUT2D eigenvalue weighted by atomic mass is 9.86. The fraction of sp³-hybridized carbons (Fsp3) is 0. The largest absolute Gasteiger partial charge is 0.455 e. The summed E-state index contributed by atoms with van der Waals surface area (Å²) >= 11 is 0. The molecule has 0 radical (unpaired) electrons. The molecule has 3 heteroatoms. The molecule has 0 aliphatic rings. The van der Waals surface area contributed by atoms with Gasteiger partial charge in [0.15, 0.2) is 5.82 Å². The predicted molar refractivity (Wildman–Crippen MR) is 213 cm³/mol. The maximum atomic E-state index is 6.96. The first-order valence-corrected chi connectivity index (χ1v) is 17.3. The Labute approximate surface area is 293 Å². The third-order valence-electron chi connectivity index (χ3n) is 10.4. The van der Waals surface area contributed by atoms with Crippen LogP contribution < -0.4 is 0 Å². The van der Waals surface area contributed by atoms with E-state index in [1.165, 1.54) is 21.5 Å². The molecule has 0 bridgehead atoms. The molecule has 11 rings (SSSR count). The van der Waals surface area contributed by atoms with Gasteiger partial charge in [-0.2, -0.15) is 0 Å². The van der Waals surface area contributed by atoms with Crippen LogP contribution in [0, 0.1) is 0 Å². The zero-order chi connectivity index (χ0) is 33.5. The van der Waals surface area contributed by atoms with Crippen molar-refractivity contribution in [3.8, 4) is 33.8 Å². The fourth-order valence-electron chi connectivity index (χ4n) is 8.16. The number of hydrogen-bond acceptors (Lipinski definition) is 3. The molecule has 0 saturated heterocycles. The van der Waals surface area contributed by atoms with Crippen molar-refractivity contribution in [3.63, 3.8) is 0 Å². The van der Waals surface area contributed by atoms with E-state index in [0.29, 0.717) is 5.82 Å². The third-order valence-corrected chi connectivity index (χ3v) is 10.4. The number of fused-ring (bicyclic) bond motifs is 9. The zero-order valence-electron chi connectivity index (χ0n) is 27.5. The van der Waals surface area contributed by atoms with Crippen LogP contribution in [0.1, 0.15) is 0 Å². The van der Waals surface area contributed by atoms with Crippen LogP contribution in [0.3, 0.4) is 0 Å². The van der Waals surface area contributed by atoms with Crippen molar-refractivity contribution in [2.45, 2.75) is 0 Å². The van der Waals surface area contributed by atoms with Gasteiger partial charge in [0.2, 0.25) is 0 Å². The molecular weight excluding hydrogens is 621 g/mol. The Kier molecular flexibility index (Phi) is 5.96. The van der Waals surface area contributed by atoms with Crippen LogP contribution in [0.15, 0.2) is 174 Å². The summed E-state index contributed by atoms with van der Waals surface area (Å²) in [6.45, 7) is 0. The first-order chi connectivity index (χ1) is 25.3. The molecule has 0 saturated carbocycles. The van der Waals surface area contributed by atoms with Crippen molar-refractivity contribution < 1.29 is 4.42 Å². The Morgan fingerprint density at radius 3 is 1.65 bits per heavy atom. The third kappa shape index (κ3) is 4.19. The molecule has 0 amide bonds. The SMILES string of the molecule is c1ccc(-c2nc(-c3c4ccccc4c(-c4cc5ccccc5c5c4oc4cc6ccccc6cc45)c4ccccc34)nc3ccccc23)cc1. The van der Waals surface area contributed by atoms with E-state index in [2.05, 4.69) is 164 Å². The van der Waals surface area contributed by atoms with Gasteiger partial charge >= 0.3 is 0 Å². The van der Waals surface area contributed by atoms with Crippen molar-refractivity contribution in [1.82, 2.24) is 9.97 Å². The minimum absolute atomic E-state index is 0.714. The normalized spacial score (nSPS) is 11.9. The Hall–Kier alpha value is -6.84. The Balaban J connectivity index is 1.28. The molecule has 0 fully saturated rings. The van der Waals surface area contributed by atoms with Gasteiger partial charge in [-0.25, -0.2) is 9.97 Å².